The molecular formula is C10H16N2O2. The van der Waals surface area contributed by atoms with Crippen LogP contribution in [0, 0.1) is 0 Å². The first-order chi connectivity index (χ1) is 6.83. The van der Waals surface area contributed by atoms with Crippen LogP contribution < -0.4 is 5.32 Å². The Morgan fingerprint density at radius 2 is 2.36 bits per heavy atom. The van der Waals surface area contributed by atoms with Crippen LogP contribution in [0.3, 0.4) is 0 Å². The molecular weight excluding hydrogens is 180 g/mol. The van der Waals surface area contributed by atoms with E-state index in [1.807, 2.05) is 18.3 Å². The van der Waals surface area contributed by atoms with Gasteiger partial charge in [-0.25, -0.2) is 0 Å². The molecule has 14 heavy (non-hydrogen) atoms. The molecule has 1 aromatic rings. The molecule has 4 heteroatoms. The van der Waals surface area contributed by atoms with Crippen LogP contribution in [0.15, 0.2) is 24.5 Å². The van der Waals surface area contributed by atoms with Gasteiger partial charge in [0, 0.05) is 18.9 Å². The van der Waals surface area contributed by atoms with Gasteiger partial charge in [-0.2, -0.15) is 0 Å². The highest BCUT2D eigenvalue weighted by Gasteiger charge is 1.99. The molecule has 0 saturated heterocycles. The van der Waals surface area contributed by atoms with Crippen molar-refractivity contribution in [2.24, 2.45) is 0 Å². The zero-order chi connectivity index (χ0) is 10.2. The number of aliphatic hydroxyl groups is 2. The number of pyridine rings is 1. The molecule has 1 atom stereocenters. The van der Waals surface area contributed by atoms with E-state index in [-0.39, 0.29) is 6.61 Å². The van der Waals surface area contributed by atoms with Crippen LogP contribution in [-0.2, 0) is 6.42 Å². The number of hydrogen-bond donors (Lipinski definition) is 3. The normalized spacial score (nSPS) is 12.7. The minimum Gasteiger partial charge on any atom is -0.394 e. The molecule has 1 heterocycles. The van der Waals surface area contributed by atoms with Gasteiger partial charge in [0.25, 0.3) is 0 Å². The lowest BCUT2D eigenvalue weighted by molar-refractivity contribution is 0.0947. The SMILES string of the molecule is OC[C@@H](O)CNCCc1cccnc1. The van der Waals surface area contributed by atoms with Crippen LogP contribution in [0.5, 0.6) is 0 Å². The molecule has 78 valence electrons. The molecule has 0 aliphatic heterocycles. The van der Waals surface area contributed by atoms with E-state index in [1.54, 1.807) is 6.20 Å². The summed E-state index contributed by atoms with van der Waals surface area (Å²) < 4.78 is 0. The highest BCUT2D eigenvalue weighted by molar-refractivity contribution is 5.08. The number of aliphatic hydroxyl groups excluding tert-OH is 2. The zero-order valence-electron chi connectivity index (χ0n) is 8.06. The molecule has 0 fully saturated rings. The van der Waals surface area contributed by atoms with Gasteiger partial charge in [-0.3, -0.25) is 4.98 Å². The van der Waals surface area contributed by atoms with Crippen molar-refractivity contribution in [1.82, 2.24) is 10.3 Å². The predicted octanol–water partition coefficient (Wildman–Crippen LogP) is -0.433. The summed E-state index contributed by atoms with van der Waals surface area (Å²) >= 11 is 0. The quantitative estimate of drug-likeness (QED) is 0.540. The van der Waals surface area contributed by atoms with Crippen LogP contribution in [-0.4, -0.2) is 41.0 Å². The lowest BCUT2D eigenvalue weighted by Gasteiger charge is -2.08. The van der Waals surface area contributed by atoms with Crippen LogP contribution >= 0.6 is 0 Å². The molecule has 0 unspecified atom stereocenters. The number of nitrogens with one attached hydrogen (secondary N) is 1. The van der Waals surface area contributed by atoms with Gasteiger partial charge in [0.15, 0.2) is 0 Å². The van der Waals surface area contributed by atoms with Crippen LogP contribution in [0.2, 0.25) is 0 Å². The second-order valence-corrected chi connectivity index (χ2v) is 3.15. The summed E-state index contributed by atoms with van der Waals surface area (Å²) in [7, 11) is 0. The molecule has 0 amide bonds. The first-order valence-corrected chi connectivity index (χ1v) is 4.71. The second-order valence-electron chi connectivity index (χ2n) is 3.15. The van der Waals surface area contributed by atoms with Crippen LogP contribution in [0.1, 0.15) is 5.56 Å². The Morgan fingerprint density at radius 3 is 3.00 bits per heavy atom. The maximum Gasteiger partial charge on any atom is 0.0894 e. The fraction of sp³-hybridized carbons (Fsp3) is 0.500. The van der Waals surface area contributed by atoms with Gasteiger partial charge in [0.05, 0.1) is 12.7 Å². The summed E-state index contributed by atoms with van der Waals surface area (Å²) in [4.78, 5) is 4.00. The van der Waals surface area contributed by atoms with Gasteiger partial charge in [-0.05, 0) is 24.6 Å². The molecule has 0 aromatic carbocycles. The third kappa shape index (κ3) is 4.32. The topological polar surface area (TPSA) is 65.4 Å². The third-order valence-electron chi connectivity index (χ3n) is 1.90. The first kappa shape index (κ1) is 11.1. The average Bonchev–Trinajstić information content (AvgIpc) is 2.25. The minimum absolute atomic E-state index is 0.195. The number of hydrogen-bond acceptors (Lipinski definition) is 4. The van der Waals surface area contributed by atoms with E-state index < -0.39 is 6.10 Å². The fourth-order valence-corrected chi connectivity index (χ4v) is 1.11. The molecule has 0 aliphatic rings. The van der Waals surface area contributed by atoms with Gasteiger partial charge in [0.1, 0.15) is 0 Å². The van der Waals surface area contributed by atoms with E-state index in [9.17, 15) is 0 Å². The van der Waals surface area contributed by atoms with Crippen molar-refractivity contribution in [3.63, 3.8) is 0 Å². The summed E-state index contributed by atoms with van der Waals surface area (Å²) in [5.41, 5.74) is 1.17. The maximum atomic E-state index is 9.03. The molecule has 1 rings (SSSR count). The molecule has 0 saturated carbocycles. The van der Waals surface area contributed by atoms with Crippen molar-refractivity contribution in [2.75, 3.05) is 19.7 Å². The summed E-state index contributed by atoms with van der Waals surface area (Å²) in [6.07, 6.45) is 3.78. The highest BCUT2D eigenvalue weighted by Crippen LogP contribution is 1.95. The lowest BCUT2D eigenvalue weighted by Crippen LogP contribution is -2.30. The van der Waals surface area contributed by atoms with Crippen molar-refractivity contribution in [3.05, 3.63) is 30.1 Å². The van der Waals surface area contributed by atoms with E-state index in [2.05, 4.69) is 10.3 Å². The van der Waals surface area contributed by atoms with Crippen LogP contribution in [0.4, 0.5) is 0 Å². The van der Waals surface area contributed by atoms with Crippen molar-refractivity contribution in [1.29, 1.82) is 0 Å². The Hall–Kier alpha value is -0.970. The Morgan fingerprint density at radius 1 is 1.50 bits per heavy atom. The largest absolute Gasteiger partial charge is 0.394 e. The minimum atomic E-state index is -0.663. The van der Waals surface area contributed by atoms with E-state index in [0.29, 0.717) is 6.54 Å². The Kier molecular flexibility index (Phi) is 5.14. The zero-order valence-corrected chi connectivity index (χ0v) is 8.06. The van der Waals surface area contributed by atoms with Gasteiger partial charge in [0.2, 0.25) is 0 Å². The second kappa shape index (κ2) is 6.48. The standard InChI is InChI=1S/C10H16N2O2/c13-8-10(14)7-12-5-3-9-2-1-4-11-6-9/h1-2,4,6,10,12-14H,3,5,7-8H2/t10-/m0/s1. The lowest BCUT2D eigenvalue weighted by atomic mass is 10.2. The monoisotopic (exact) mass is 196 g/mol. The average molecular weight is 196 g/mol. The smallest absolute Gasteiger partial charge is 0.0894 e. The molecule has 3 N–H and O–H groups in total. The van der Waals surface area contributed by atoms with Gasteiger partial charge in [-0.1, -0.05) is 6.07 Å². The van der Waals surface area contributed by atoms with Crippen LogP contribution in [0.25, 0.3) is 0 Å². The molecule has 1 aromatic heterocycles. The summed E-state index contributed by atoms with van der Waals surface area (Å²) in [6.45, 7) is 1.01. The van der Waals surface area contributed by atoms with Crippen molar-refractivity contribution >= 4 is 0 Å². The Labute approximate surface area is 83.6 Å². The highest BCUT2D eigenvalue weighted by atomic mass is 16.3. The predicted molar refractivity (Wildman–Crippen MR) is 53.9 cm³/mol. The van der Waals surface area contributed by atoms with Gasteiger partial charge in [-0.15, -0.1) is 0 Å². The Bertz CT molecular complexity index is 241. The van der Waals surface area contributed by atoms with Gasteiger partial charge >= 0.3 is 0 Å². The molecule has 0 aliphatic carbocycles. The van der Waals surface area contributed by atoms with E-state index >= 15 is 0 Å². The molecule has 4 nitrogen and oxygen atoms in total. The summed E-state index contributed by atoms with van der Waals surface area (Å²) in [6, 6.07) is 3.91. The maximum absolute atomic E-state index is 9.03. The molecule has 0 spiro atoms. The van der Waals surface area contributed by atoms with Crippen molar-refractivity contribution < 1.29 is 10.2 Å². The molecule has 0 radical (unpaired) electrons. The van der Waals surface area contributed by atoms with E-state index in [0.717, 1.165) is 13.0 Å². The van der Waals surface area contributed by atoms with Gasteiger partial charge < -0.3 is 15.5 Å². The fourth-order valence-electron chi connectivity index (χ4n) is 1.11. The van der Waals surface area contributed by atoms with E-state index in [1.165, 1.54) is 5.56 Å². The number of rotatable bonds is 6. The molecule has 0 bridgehead atoms. The number of aromatic nitrogens is 1. The summed E-state index contributed by atoms with van der Waals surface area (Å²) in [5, 5.41) is 20.6. The first-order valence-electron chi connectivity index (χ1n) is 4.71. The Balaban J connectivity index is 2.10. The van der Waals surface area contributed by atoms with E-state index in [4.69, 9.17) is 10.2 Å². The third-order valence-corrected chi connectivity index (χ3v) is 1.90. The summed E-state index contributed by atoms with van der Waals surface area (Å²) in [5.74, 6) is 0. The van der Waals surface area contributed by atoms with Crippen molar-refractivity contribution in [3.8, 4) is 0 Å². The van der Waals surface area contributed by atoms with Crippen molar-refractivity contribution in [2.45, 2.75) is 12.5 Å². The number of nitrogens with zero attached hydrogens (tertiary/aromatic N) is 1.